The Morgan fingerprint density at radius 2 is 2.03 bits per heavy atom. The van der Waals surface area contributed by atoms with E-state index in [1.807, 2.05) is 31.2 Å². The largest absolute Gasteiger partial charge is 0.508 e. The summed E-state index contributed by atoms with van der Waals surface area (Å²) in [5.41, 5.74) is 2.89. The van der Waals surface area contributed by atoms with Gasteiger partial charge in [-0.15, -0.1) is 0 Å². The maximum Gasteiger partial charge on any atom is 0.272 e. The average Bonchev–Trinajstić information content (AvgIpc) is 3.54. The molecule has 2 N–H and O–H groups in total. The molecule has 1 aliphatic rings. The fourth-order valence-electron chi connectivity index (χ4n) is 3.46. The summed E-state index contributed by atoms with van der Waals surface area (Å²) in [6, 6.07) is 12.3. The summed E-state index contributed by atoms with van der Waals surface area (Å²) in [7, 11) is 1.57. The first kappa shape index (κ1) is 21.6. The lowest BCUT2D eigenvalue weighted by molar-refractivity contribution is 0.0936. The van der Waals surface area contributed by atoms with E-state index in [0.717, 1.165) is 18.4 Å². The number of aryl methyl sites for hydroxylation is 1. The van der Waals surface area contributed by atoms with Crippen LogP contribution in [-0.4, -0.2) is 34.5 Å². The van der Waals surface area contributed by atoms with Crippen molar-refractivity contribution in [1.29, 1.82) is 0 Å². The molecule has 1 aliphatic carbocycles. The van der Waals surface area contributed by atoms with Crippen LogP contribution in [0, 0.1) is 24.6 Å². The highest BCUT2D eigenvalue weighted by Gasteiger charge is 2.29. The van der Waals surface area contributed by atoms with Crippen molar-refractivity contribution in [2.75, 3.05) is 13.7 Å². The number of methoxy groups -OCH3 is 1. The van der Waals surface area contributed by atoms with Crippen molar-refractivity contribution in [2.45, 2.75) is 31.8 Å². The lowest BCUT2D eigenvalue weighted by atomic mass is 9.96. The molecule has 6 nitrogen and oxygen atoms in total. The number of carbonyl (C=O) groups excluding carboxylic acids is 1. The van der Waals surface area contributed by atoms with Gasteiger partial charge in [-0.3, -0.25) is 9.48 Å². The molecule has 1 amide bonds. The van der Waals surface area contributed by atoms with Crippen molar-refractivity contribution in [3.63, 3.8) is 0 Å². The number of benzene rings is 2. The highest BCUT2D eigenvalue weighted by molar-refractivity contribution is 5.93. The van der Waals surface area contributed by atoms with Crippen LogP contribution in [0.1, 0.15) is 57.8 Å². The van der Waals surface area contributed by atoms with Crippen molar-refractivity contribution in [3.8, 4) is 17.6 Å². The fourth-order valence-corrected chi connectivity index (χ4v) is 3.46. The topological polar surface area (TPSA) is 76.4 Å². The molecule has 32 heavy (non-hydrogen) atoms. The predicted molar refractivity (Wildman–Crippen MR) is 118 cm³/mol. The zero-order chi connectivity index (χ0) is 22.7. The standard InChI is InChI=1S/C25H24FN3O3/c1-16-5-7-17(8-6-16)24(21-14-18(26)9-12-23(21)30)27-25(31)22-15-20(4-3-13-32-2)29(28-22)19-10-11-19/h5-9,12,14-15,19,24,30H,10-11,13H2,1-2H3,(H,27,31). The molecule has 1 saturated carbocycles. The third-order valence-corrected chi connectivity index (χ3v) is 5.28. The van der Waals surface area contributed by atoms with Gasteiger partial charge in [0.1, 0.15) is 23.9 Å². The van der Waals surface area contributed by atoms with Gasteiger partial charge >= 0.3 is 0 Å². The van der Waals surface area contributed by atoms with Crippen LogP contribution < -0.4 is 5.32 Å². The summed E-state index contributed by atoms with van der Waals surface area (Å²) >= 11 is 0. The van der Waals surface area contributed by atoms with Crippen LogP contribution in [-0.2, 0) is 4.74 Å². The second-order valence-electron chi connectivity index (χ2n) is 7.85. The number of ether oxygens (including phenoxy) is 1. The molecular formula is C25H24FN3O3. The second-order valence-corrected chi connectivity index (χ2v) is 7.85. The number of halogens is 1. The van der Waals surface area contributed by atoms with Gasteiger partial charge in [-0.1, -0.05) is 35.7 Å². The van der Waals surface area contributed by atoms with E-state index in [2.05, 4.69) is 22.3 Å². The number of hydrogen-bond acceptors (Lipinski definition) is 4. The van der Waals surface area contributed by atoms with Gasteiger partial charge in [0.25, 0.3) is 5.91 Å². The van der Waals surface area contributed by atoms with Crippen molar-refractivity contribution in [3.05, 3.63) is 82.4 Å². The van der Waals surface area contributed by atoms with Gasteiger partial charge in [0.2, 0.25) is 0 Å². The van der Waals surface area contributed by atoms with Crippen molar-refractivity contribution in [2.24, 2.45) is 0 Å². The molecule has 0 spiro atoms. The zero-order valence-corrected chi connectivity index (χ0v) is 17.9. The maximum atomic E-state index is 14.0. The Morgan fingerprint density at radius 1 is 1.28 bits per heavy atom. The number of phenols is 1. The number of phenolic OH excluding ortho intramolecular Hbond substituents is 1. The number of amides is 1. The third kappa shape index (κ3) is 4.82. The molecule has 3 aromatic rings. The van der Waals surface area contributed by atoms with E-state index in [1.165, 1.54) is 18.2 Å². The minimum Gasteiger partial charge on any atom is -0.508 e. The second kappa shape index (κ2) is 9.25. The number of rotatable bonds is 6. The highest BCUT2D eigenvalue weighted by atomic mass is 19.1. The average molecular weight is 433 g/mol. The van der Waals surface area contributed by atoms with Crippen molar-refractivity contribution < 1.29 is 19.0 Å². The molecule has 0 bridgehead atoms. The molecule has 0 radical (unpaired) electrons. The van der Waals surface area contributed by atoms with E-state index in [9.17, 15) is 14.3 Å². The molecule has 1 fully saturated rings. The number of hydrogen-bond donors (Lipinski definition) is 2. The lowest BCUT2D eigenvalue weighted by Crippen LogP contribution is -2.30. The molecule has 4 rings (SSSR count). The smallest absolute Gasteiger partial charge is 0.272 e. The number of carbonyl (C=O) groups is 1. The van der Waals surface area contributed by atoms with E-state index in [0.29, 0.717) is 11.3 Å². The van der Waals surface area contributed by atoms with Gasteiger partial charge in [-0.2, -0.15) is 5.10 Å². The van der Waals surface area contributed by atoms with Crippen LogP contribution in [0.4, 0.5) is 4.39 Å². The minimum atomic E-state index is -0.757. The first-order valence-electron chi connectivity index (χ1n) is 10.4. The predicted octanol–water partition coefficient (Wildman–Crippen LogP) is 3.89. The number of nitrogens with one attached hydrogen (secondary N) is 1. The number of aromatic nitrogens is 2. The normalized spacial score (nSPS) is 13.8. The molecule has 2 aromatic carbocycles. The van der Waals surface area contributed by atoms with E-state index in [1.54, 1.807) is 17.9 Å². The van der Waals surface area contributed by atoms with Crippen LogP contribution >= 0.6 is 0 Å². The summed E-state index contributed by atoms with van der Waals surface area (Å²) in [5.74, 6) is 4.86. The van der Waals surface area contributed by atoms with Gasteiger partial charge < -0.3 is 15.2 Å². The molecule has 164 valence electrons. The summed E-state index contributed by atoms with van der Waals surface area (Å²) < 4.78 is 20.7. The van der Waals surface area contributed by atoms with Crippen LogP contribution in [0.25, 0.3) is 0 Å². The van der Waals surface area contributed by atoms with Crippen molar-refractivity contribution in [1.82, 2.24) is 15.1 Å². The molecule has 1 atom stereocenters. The fraction of sp³-hybridized carbons (Fsp3) is 0.280. The van der Waals surface area contributed by atoms with E-state index >= 15 is 0 Å². The zero-order valence-electron chi connectivity index (χ0n) is 17.9. The van der Waals surface area contributed by atoms with Crippen LogP contribution in [0.15, 0.2) is 48.5 Å². The molecular weight excluding hydrogens is 409 g/mol. The van der Waals surface area contributed by atoms with Crippen molar-refractivity contribution >= 4 is 5.91 Å². The first-order chi connectivity index (χ1) is 15.5. The van der Waals surface area contributed by atoms with Gasteiger partial charge in [0, 0.05) is 18.7 Å². The Labute approximate surface area is 186 Å². The molecule has 0 aliphatic heterocycles. The van der Waals surface area contributed by atoms with Crippen LogP contribution in [0.5, 0.6) is 5.75 Å². The highest BCUT2D eigenvalue weighted by Crippen LogP contribution is 2.35. The summed E-state index contributed by atoms with van der Waals surface area (Å²) in [4.78, 5) is 13.2. The lowest BCUT2D eigenvalue weighted by Gasteiger charge is -2.20. The maximum absolute atomic E-state index is 14.0. The molecule has 1 unspecified atom stereocenters. The van der Waals surface area contributed by atoms with E-state index in [-0.39, 0.29) is 29.7 Å². The summed E-state index contributed by atoms with van der Waals surface area (Å²) in [6.07, 6.45) is 1.98. The Kier molecular flexibility index (Phi) is 6.24. The molecule has 1 heterocycles. The Balaban J connectivity index is 1.67. The Morgan fingerprint density at radius 3 is 2.72 bits per heavy atom. The molecule has 1 aromatic heterocycles. The van der Waals surface area contributed by atoms with E-state index in [4.69, 9.17) is 4.74 Å². The van der Waals surface area contributed by atoms with Gasteiger partial charge in [-0.25, -0.2) is 4.39 Å². The monoisotopic (exact) mass is 433 g/mol. The van der Waals surface area contributed by atoms with Gasteiger partial charge in [0.15, 0.2) is 5.69 Å². The van der Waals surface area contributed by atoms with Gasteiger partial charge in [-0.05, 0) is 49.4 Å². The SMILES string of the molecule is COCC#Cc1cc(C(=O)NC(c2ccc(C)cc2)c2cc(F)ccc2O)nn1C1CC1. The number of nitrogens with zero attached hydrogens (tertiary/aromatic N) is 2. The number of aromatic hydroxyl groups is 1. The Hall–Kier alpha value is -3.63. The third-order valence-electron chi connectivity index (χ3n) is 5.28. The first-order valence-corrected chi connectivity index (χ1v) is 10.4. The van der Waals surface area contributed by atoms with E-state index < -0.39 is 17.8 Å². The quantitative estimate of drug-likeness (QED) is 0.579. The van der Waals surface area contributed by atoms with Crippen LogP contribution in [0.2, 0.25) is 0 Å². The summed E-state index contributed by atoms with van der Waals surface area (Å²) in [5, 5.41) is 17.8. The Bertz CT molecular complexity index is 1190. The minimum absolute atomic E-state index is 0.105. The van der Waals surface area contributed by atoms with Gasteiger partial charge in [0.05, 0.1) is 12.1 Å². The summed E-state index contributed by atoms with van der Waals surface area (Å²) in [6.45, 7) is 2.24. The van der Waals surface area contributed by atoms with Crippen LogP contribution in [0.3, 0.4) is 0 Å². The molecule has 0 saturated heterocycles. The molecule has 7 heteroatoms.